The zero-order valence-corrected chi connectivity index (χ0v) is 18.1. The predicted octanol–water partition coefficient (Wildman–Crippen LogP) is 1.44. The van der Waals surface area contributed by atoms with E-state index in [1.165, 1.54) is 21.3 Å². The van der Waals surface area contributed by atoms with Crippen LogP contribution in [0.25, 0.3) is 0 Å². The quantitative estimate of drug-likeness (QED) is 0.737. The van der Waals surface area contributed by atoms with Gasteiger partial charge in [-0.25, -0.2) is 13.2 Å². The number of carbonyl (C=O) groups is 2. The van der Waals surface area contributed by atoms with E-state index in [0.717, 1.165) is 0 Å². The lowest BCUT2D eigenvalue weighted by Crippen LogP contribution is -2.52. The molecule has 0 aromatic heterocycles. The molecule has 0 unspecified atom stereocenters. The van der Waals surface area contributed by atoms with Crippen LogP contribution in [-0.2, 0) is 19.6 Å². The van der Waals surface area contributed by atoms with E-state index in [1.807, 2.05) is 6.92 Å². The number of hydrogen-bond acceptors (Lipinski definition) is 6. The number of rotatable bonds is 6. The lowest BCUT2D eigenvalue weighted by molar-refractivity contribution is -0.131. The van der Waals surface area contributed by atoms with Gasteiger partial charge in [0.25, 0.3) is 0 Å². The highest BCUT2D eigenvalue weighted by atomic mass is 32.2. The van der Waals surface area contributed by atoms with Crippen LogP contribution in [-0.4, -0.2) is 74.6 Å². The molecule has 2 rings (SSSR count). The van der Waals surface area contributed by atoms with Crippen molar-refractivity contribution in [3.8, 4) is 5.75 Å². The molecule has 0 radical (unpaired) electrons. The van der Waals surface area contributed by atoms with Gasteiger partial charge in [0, 0.05) is 26.2 Å². The molecule has 0 atom stereocenters. The van der Waals surface area contributed by atoms with Crippen LogP contribution in [0.5, 0.6) is 5.75 Å². The van der Waals surface area contributed by atoms with Gasteiger partial charge in [-0.05, 0) is 52.0 Å². The average molecular weight is 428 g/mol. The van der Waals surface area contributed by atoms with Crippen LogP contribution >= 0.6 is 0 Å². The van der Waals surface area contributed by atoms with E-state index in [-0.39, 0.29) is 43.5 Å². The first-order valence-corrected chi connectivity index (χ1v) is 10.9. The normalized spacial score (nSPS) is 15.7. The Morgan fingerprint density at radius 1 is 1.07 bits per heavy atom. The molecule has 1 N–H and O–H groups in total. The van der Waals surface area contributed by atoms with E-state index in [0.29, 0.717) is 12.4 Å². The maximum Gasteiger partial charge on any atom is 0.408 e. The molecule has 1 aromatic carbocycles. The second kappa shape index (κ2) is 9.45. The number of nitrogens with zero attached hydrogens (tertiary/aromatic N) is 2. The Kier molecular flexibility index (Phi) is 7.48. The maximum atomic E-state index is 12.8. The fourth-order valence-corrected chi connectivity index (χ4v) is 4.20. The van der Waals surface area contributed by atoms with Crippen LogP contribution in [0.3, 0.4) is 0 Å². The molecule has 9 nitrogen and oxygen atoms in total. The van der Waals surface area contributed by atoms with Crippen molar-refractivity contribution in [3.63, 3.8) is 0 Å². The topological polar surface area (TPSA) is 105 Å². The van der Waals surface area contributed by atoms with Crippen LogP contribution in [0.15, 0.2) is 29.2 Å². The molecule has 1 heterocycles. The van der Waals surface area contributed by atoms with Gasteiger partial charge >= 0.3 is 6.09 Å². The molecule has 29 heavy (non-hydrogen) atoms. The smallest absolute Gasteiger partial charge is 0.408 e. The number of alkyl carbamates (subject to hydrolysis) is 1. The lowest BCUT2D eigenvalue weighted by atomic mass is 10.2. The average Bonchev–Trinajstić information content (AvgIpc) is 2.65. The number of nitrogens with one attached hydrogen (secondary N) is 1. The highest BCUT2D eigenvalue weighted by Crippen LogP contribution is 2.21. The molecule has 0 aliphatic carbocycles. The second-order valence-corrected chi connectivity index (χ2v) is 9.48. The van der Waals surface area contributed by atoms with Gasteiger partial charge in [-0.1, -0.05) is 0 Å². The Hall–Kier alpha value is -2.33. The SMILES string of the molecule is CCOc1ccc(S(=O)(=O)N2CCN(C(=O)CNC(=O)OC(C)(C)C)CC2)cc1. The van der Waals surface area contributed by atoms with E-state index in [4.69, 9.17) is 9.47 Å². The Morgan fingerprint density at radius 3 is 2.17 bits per heavy atom. The summed E-state index contributed by atoms with van der Waals surface area (Å²) < 4.78 is 37.4. The third-order valence-corrected chi connectivity index (χ3v) is 6.06. The van der Waals surface area contributed by atoms with Gasteiger partial charge in [0.05, 0.1) is 11.5 Å². The summed E-state index contributed by atoms with van der Waals surface area (Å²) in [4.78, 5) is 25.6. The van der Waals surface area contributed by atoms with E-state index >= 15 is 0 Å². The molecule has 1 fully saturated rings. The van der Waals surface area contributed by atoms with Gasteiger partial charge < -0.3 is 19.7 Å². The largest absolute Gasteiger partial charge is 0.494 e. The molecule has 1 saturated heterocycles. The Bertz CT molecular complexity index is 809. The fraction of sp³-hybridized carbons (Fsp3) is 0.579. The molecular formula is C19H29N3O6S. The Labute approximate surface area is 172 Å². The molecule has 2 amide bonds. The van der Waals surface area contributed by atoms with Gasteiger partial charge in [0.15, 0.2) is 0 Å². The first-order chi connectivity index (χ1) is 13.5. The summed E-state index contributed by atoms with van der Waals surface area (Å²) in [6.07, 6.45) is -0.664. The van der Waals surface area contributed by atoms with E-state index < -0.39 is 21.7 Å². The van der Waals surface area contributed by atoms with Gasteiger partial charge in [-0.15, -0.1) is 0 Å². The highest BCUT2D eigenvalue weighted by molar-refractivity contribution is 7.89. The standard InChI is InChI=1S/C19H29N3O6S/c1-5-27-15-6-8-16(9-7-15)29(25,26)22-12-10-21(11-13-22)17(23)14-20-18(24)28-19(2,3)4/h6-9H,5,10-14H2,1-4H3,(H,20,24). The van der Waals surface area contributed by atoms with Crippen LogP contribution in [0, 0.1) is 0 Å². The minimum Gasteiger partial charge on any atom is -0.494 e. The number of piperazine rings is 1. The van der Waals surface area contributed by atoms with Crippen molar-refractivity contribution in [2.45, 2.75) is 38.2 Å². The second-order valence-electron chi connectivity index (χ2n) is 7.54. The van der Waals surface area contributed by atoms with Crippen LogP contribution in [0.4, 0.5) is 4.79 Å². The van der Waals surface area contributed by atoms with Crippen molar-refractivity contribution in [2.75, 3.05) is 39.3 Å². The van der Waals surface area contributed by atoms with E-state index in [2.05, 4.69) is 5.32 Å². The van der Waals surface area contributed by atoms with Crippen molar-refractivity contribution in [2.24, 2.45) is 0 Å². The number of benzene rings is 1. The van der Waals surface area contributed by atoms with Crippen LogP contribution < -0.4 is 10.1 Å². The van der Waals surface area contributed by atoms with Crippen molar-refractivity contribution in [1.82, 2.24) is 14.5 Å². The maximum absolute atomic E-state index is 12.8. The molecule has 1 aliphatic rings. The van der Waals surface area contributed by atoms with Crippen molar-refractivity contribution in [3.05, 3.63) is 24.3 Å². The van der Waals surface area contributed by atoms with Crippen LogP contribution in [0.1, 0.15) is 27.7 Å². The number of carbonyl (C=O) groups excluding carboxylic acids is 2. The lowest BCUT2D eigenvalue weighted by Gasteiger charge is -2.34. The van der Waals surface area contributed by atoms with Crippen molar-refractivity contribution in [1.29, 1.82) is 0 Å². The Balaban J connectivity index is 1.87. The number of sulfonamides is 1. The molecule has 1 aromatic rings. The molecule has 0 bridgehead atoms. The number of ether oxygens (including phenoxy) is 2. The molecule has 162 valence electrons. The highest BCUT2D eigenvalue weighted by Gasteiger charge is 2.30. The zero-order chi connectivity index (χ0) is 21.7. The minimum absolute atomic E-state index is 0.187. The van der Waals surface area contributed by atoms with E-state index in [9.17, 15) is 18.0 Å². The first-order valence-electron chi connectivity index (χ1n) is 9.50. The summed E-state index contributed by atoms with van der Waals surface area (Å²) in [5.74, 6) is 0.327. The van der Waals surface area contributed by atoms with Gasteiger partial charge in [-0.2, -0.15) is 4.31 Å². The molecule has 1 aliphatic heterocycles. The minimum atomic E-state index is -3.64. The summed E-state index contributed by atoms with van der Waals surface area (Å²) in [6, 6.07) is 6.28. The summed E-state index contributed by atoms with van der Waals surface area (Å²) in [7, 11) is -3.64. The monoisotopic (exact) mass is 427 g/mol. The van der Waals surface area contributed by atoms with E-state index in [1.54, 1.807) is 32.9 Å². The summed E-state index contributed by atoms with van der Waals surface area (Å²) in [5, 5.41) is 2.42. The van der Waals surface area contributed by atoms with Gasteiger partial charge in [0.2, 0.25) is 15.9 Å². The summed E-state index contributed by atoms with van der Waals surface area (Å²) in [6.45, 7) is 8.26. The first kappa shape index (κ1) is 23.0. The van der Waals surface area contributed by atoms with Crippen molar-refractivity contribution >= 4 is 22.0 Å². The van der Waals surface area contributed by atoms with Gasteiger partial charge in [-0.3, -0.25) is 4.79 Å². The number of amides is 2. The Morgan fingerprint density at radius 2 is 1.66 bits per heavy atom. The molecule has 0 spiro atoms. The van der Waals surface area contributed by atoms with Crippen LogP contribution in [0.2, 0.25) is 0 Å². The molecular weight excluding hydrogens is 398 g/mol. The fourth-order valence-electron chi connectivity index (χ4n) is 2.78. The summed E-state index contributed by atoms with van der Waals surface area (Å²) in [5.41, 5.74) is -0.645. The van der Waals surface area contributed by atoms with Crippen molar-refractivity contribution < 1.29 is 27.5 Å². The predicted molar refractivity (Wildman–Crippen MR) is 107 cm³/mol. The zero-order valence-electron chi connectivity index (χ0n) is 17.3. The molecule has 10 heteroatoms. The third kappa shape index (κ3) is 6.60. The third-order valence-electron chi connectivity index (χ3n) is 4.15. The van der Waals surface area contributed by atoms with Gasteiger partial charge in [0.1, 0.15) is 17.9 Å². The molecule has 0 saturated carbocycles. The summed E-state index contributed by atoms with van der Waals surface area (Å²) >= 11 is 0. The number of hydrogen-bond donors (Lipinski definition) is 1.